The molecule has 0 aromatic rings. The van der Waals surface area contributed by atoms with E-state index in [9.17, 15) is 0 Å². The van der Waals surface area contributed by atoms with Crippen LogP contribution in [0.3, 0.4) is 0 Å². The molecule has 0 N–H and O–H groups in total. The summed E-state index contributed by atoms with van der Waals surface area (Å²) in [4.78, 5) is 0. The lowest BCUT2D eigenvalue weighted by atomic mass is 10.8. The van der Waals surface area contributed by atoms with Crippen LogP contribution in [0.5, 0.6) is 0 Å². The van der Waals surface area contributed by atoms with Crippen molar-refractivity contribution in [3.63, 3.8) is 0 Å². The van der Waals surface area contributed by atoms with E-state index in [2.05, 4.69) is 0 Å². The Hall–Kier alpha value is 0.0569. The van der Waals surface area contributed by atoms with Crippen molar-refractivity contribution in [3.8, 4) is 0 Å². The first-order valence-corrected chi connectivity index (χ1v) is 7.05. The van der Waals surface area contributed by atoms with Crippen LogP contribution in [0.15, 0.2) is 0 Å². The summed E-state index contributed by atoms with van der Waals surface area (Å²) in [6.07, 6.45) is -0.278. The maximum absolute atomic E-state index is 5.69. The molecule has 0 aliphatic heterocycles. The third-order valence-electron chi connectivity index (χ3n) is 1.84. The third kappa shape index (κ3) is 4.52. The van der Waals surface area contributed by atoms with Gasteiger partial charge in [0, 0.05) is 26.4 Å². The summed E-state index contributed by atoms with van der Waals surface area (Å²) in [5.41, 5.74) is 0. The van der Waals surface area contributed by atoms with Crippen LogP contribution in [-0.4, -0.2) is 35.4 Å². The second kappa shape index (κ2) is 7.36. The minimum absolute atomic E-state index is 0.278. The Morgan fingerprint density at radius 3 is 1.86 bits per heavy atom. The lowest BCUT2D eigenvalue weighted by Gasteiger charge is -2.30. The van der Waals surface area contributed by atoms with Crippen LogP contribution in [-0.2, 0) is 18.0 Å². The van der Waals surface area contributed by atoms with Gasteiger partial charge in [-0.3, -0.25) is 0 Å². The highest BCUT2D eigenvalue weighted by Crippen LogP contribution is 2.17. The molecule has 0 bridgehead atoms. The summed E-state index contributed by atoms with van der Waals surface area (Å²) < 4.78 is 22.0. The summed E-state index contributed by atoms with van der Waals surface area (Å²) >= 11 is 0. The fourth-order valence-corrected chi connectivity index (χ4v) is 3.41. The standard InChI is InChI=1S/C9H22O4Si/c1-6-11-14(8-3,12-7-2)13-9(4)10-5/h9H,6-8H2,1-5H3. The Morgan fingerprint density at radius 2 is 1.57 bits per heavy atom. The van der Waals surface area contributed by atoms with Gasteiger partial charge in [0.15, 0.2) is 0 Å². The highest BCUT2D eigenvalue weighted by molar-refractivity contribution is 6.60. The molecule has 0 heterocycles. The van der Waals surface area contributed by atoms with E-state index in [1.807, 2.05) is 27.7 Å². The maximum atomic E-state index is 5.69. The molecule has 0 aliphatic carbocycles. The monoisotopic (exact) mass is 222 g/mol. The average Bonchev–Trinajstić information content (AvgIpc) is 2.18. The molecule has 5 heteroatoms. The SMILES string of the molecule is CCO[Si](CC)(OCC)OC(C)OC. The van der Waals surface area contributed by atoms with Gasteiger partial charge < -0.3 is 18.0 Å². The molecule has 0 saturated heterocycles. The normalized spacial score (nSPS) is 14.4. The fraction of sp³-hybridized carbons (Fsp3) is 1.00. The molecule has 0 rings (SSSR count). The molecule has 4 nitrogen and oxygen atoms in total. The molecule has 1 atom stereocenters. The first kappa shape index (κ1) is 14.1. The maximum Gasteiger partial charge on any atom is 0.502 e. The number of ether oxygens (including phenoxy) is 1. The van der Waals surface area contributed by atoms with Gasteiger partial charge in [-0.05, 0) is 20.8 Å². The van der Waals surface area contributed by atoms with Crippen LogP contribution in [0.1, 0.15) is 27.7 Å². The van der Waals surface area contributed by atoms with Crippen molar-refractivity contribution in [2.75, 3.05) is 20.3 Å². The van der Waals surface area contributed by atoms with Crippen molar-refractivity contribution >= 4 is 8.80 Å². The molecule has 0 radical (unpaired) electrons. The van der Waals surface area contributed by atoms with E-state index in [1.165, 1.54) is 0 Å². The molecule has 86 valence electrons. The summed E-state index contributed by atoms with van der Waals surface area (Å²) in [6, 6.07) is 0.766. The summed E-state index contributed by atoms with van der Waals surface area (Å²) in [6.45, 7) is 8.96. The highest BCUT2D eigenvalue weighted by Gasteiger charge is 2.40. The van der Waals surface area contributed by atoms with Crippen LogP contribution >= 0.6 is 0 Å². The Labute approximate surface area is 87.9 Å². The summed E-state index contributed by atoms with van der Waals surface area (Å²) in [5.74, 6) is 0. The predicted molar refractivity (Wildman–Crippen MR) is 57.0 cm³/mol. The second-order valence-corrected chi connectivity index (χ2v) is 5.71. The van der Waals surface area contributed by atoms with Gasteiger partial charge in [-0.25, -0.2) is 0 Å². The van der Waals surface area contributed by atoms with Crippen LogP contribution in [0.25, 0.3) is 0 Å². The number of hydrogen-bond acceptors (Lipinski definition) is 4. The van der Waals surface area contributed by atoms with E-state index < -0.39 is 8.80 Å². The van der Waals surface area contributed by atoms with Gasteiger partial charge >= 0.3 is 8.80 Å². The minimum Gasteiger partial charge on any atom is -0.374 e. The van der Waals surface area contributed by atoms with E-state index in [0.29, 0.717) is 13.2 Å². The Bertz CT molecular complexity index is 137. The van der Waals surface area contributed by atoms with Crippen molar-refractivity contribution in [2.45, 2.75) is 40.0 Å². The average molecular weight is 222 g/mol. The van der Waals surface area contributed by atoms with E-state index >= 15 is 0 Å². The molecule has 0 aromatic carbocycles. The van der Waals surface area contributed by atoms with Gasteiger partial charge in [0.25, 0.3) is 0 Å². The minimum atomic E-state index is -2.48. The van der Waals surface area contributed by atoms with Crippen LogP contribution in [0.2, 0.25) is 6.04 Å². The third-order valence-corrected chi connectivity index (χ3v) is 4.85. The second-order valence-electron chi connectivity index (χ2n) is 2.82. The van der Waals surface area contributed by atoms with E-state index in [0.717, 1.165) is 6.04 Å². The van der Waals surface area contributed by atoms with Crippen molar-refractivity contribution < 1.29 is 18.0 Å². The van der Waals surface area contributed by atoms with E-state index in [1.54, 1.807) is 7.11 Å². The lowest BCUT2D eigenvalue weighted by molar-refractivity contribution is -0.0881. The number of rotatable bonds is 8. The lowest BCUT2D eigenvalue weighted by Crippen LogP contribution is -2.47. The summed E-state index contributed by atoms with van der Waals surface area (Å²) in [5, 5.41) is 0. The molecule has 0 aromatic heterocycles. The van der Waals surface area contributed by atoms with Gasteiger partial charge in [-0.2, -0.15) is 0 Å². The van der Waals surface area contributed by atoms with Gasteiger partial charge in [0.1, 0.15) is 6.29 Å². The fourth-order valence-electron chi connectivity index (χ4n) is 1.14. The van der Waals surface area contributed by atoms with Crippen molar-refractivity contribution in [2.24, 2.45) is 0 Å². The first-order chi connectivity index (χ1) is 6.64. The Balaban J connectivity index is 4.31. The largest absolute Gasteiger partial charge is 0.502 e. The first-order valence-electron chi connectivity index (χ1n) is 5.12. The molecule has 0 aliphatic rings. The van der Waals surface area contributed by atoms with Gasteiger partial charge in [0.2, 0.25) is 0 Å². The highest BCUT2D eigenvalue weighted by atomic mass is 28.4. The number of hydrogen-bond donors (Lipinski definition) is 0. The molecule has 0 spiro atoms. The van der Waals surface area contributed by atoms with Crippen LogP contribution in [0, 0.1) is 0 Å². The zero-order chi connectivity index (χ0) is 11.0. The quantitative estimate of drug-likeness (QED) is 0.465. The van der Waals surface area contributed by atoms with Gasteiger partial charge in [-0.1, -0.05) is 6.92 Å². The molecular formula is C9H22O4Si. The molecule has 0 saturated carbocycles. The van der Waals surface area contributed by atoms with Crippen molar-refractivity contribution in [3.05, 3.63) is 0 Å². The zero-order valence-corrected chi connectivity index (χ0v) is 10.8. The van der Waals surface area contributed by atoms with Crippen LogP contribution < -0.4 is 0 Å². The number of methoxy groups -OCH3 is 1. The zero-order valence-electron chi connectivity index (χ0n) is 9.83. The van der Waals surface area contributed by atoms with E-state index in [4.69, 9.17) is 18.0 Å². The van der Waals surface area contributed by atoms with Crippen LogP contribution in [0.4, 0.5) is 0 Å². The van der Waals surface area contributed by atoms with Gasteiger partial charge in [0.05, 0.1) is 0 Å². The molecule has 0 amide bonds. The predicted octanol–water partition coefficient (Wildman–Crippen LogP) is 2.03. The van der Waals surface area contributed by atoms with Crippen molar-refractivity contribution in [1.82, 2.24) is 0 Å². The Kier molecular flexibility index (Phi) is 7.39. The molecule has 1 unspecified atom stereocenters. The van der Waals surface area contributed by atoms with Gasteiger partial charge in [-0.15, -0.1) is 0 Å². The molecule has 14 heavy (non-hydrogen) atoms. The van der Waals surface area contributed by atoms with E-state index in [-0.39, 0.29) is 6.29 Å². The Morgan fingerprint density at radius 1 is 1.07 bits per heavy atom. The molecule has 0 fully saturated rings. The summed E-state index contributed by atoms with van der Waals surface area (Å²) in [7, 11) is -0.870. The topological polar surface area (TPSA) is 36.9 Å². The smallest absolute Gasteiger partial charge is 0.374 e. The molecular weight excluding hydrogens is 200 g/mol. The van der Waals surface area contributed by atoms with Crippen molar-refractivity contribution in [1.29, 1.82) is 0 Å².